The van der Waals surface area contributed by atoms with Gasteiger partial charge >= 0.3 is 53.7 Å². The van der Waals surface area contributed by atoms with Gasteiger partial charge in [0.2, 0.25) is 0 Å². The maximum absolute atomic E-state index is 10.7. The number of guanidine groups is 1. The molecule has 0 unspecified atom stereocenters. The molecule has 16 heavy (non-hydrogen) atoms. The fourth-order valence-corrected chi connectivity index (χ4v) is 1.23. The van der Waals surface area contributed by atoms with E-state index in [1.807, 2.05) is 0 Å². The van der Waals surface area contributed by atoms with E-state index in [2.05, 4.69) is 14.3 Å². The molecule has 0 spiro atoms. The molecule has 0 aromatic carbocycles. The number of hydrogen-bond acceptors (Lipinski definition) is 7. The standard InChI is InChI=1S/C3H8N4O6S2.Na.H/c4-3(5)7-1-2(8)13-15(11,12)14(6,9)10;;/h1H2,(H4,4,5,7)(H2,6,9,10);;/q;+1;-1. The number of aliphatic imine (C=N–C) groups is 1. The molecule has 0 aromatic heterocycles. The van der Waals surface area contributed by atoms with Gasteiger partial charge in [0.05, 0.1) is 0 Å². The first-order valence-corrected chi connectivity index (χ1v) is 6.59. The van der Waals surface area contributed by atoms with E-state index in [0.29, 0.717) is 0 Å². The second kappa shape index (κ2) is 6.36. The Morgan fingerprint density at radius 2 is 1.69 bits per heavy atom. The smallest absolute Gasteiger partial charge is 1.00 e. The Bertz CT molecular complexity index is 481. The maximum Gasteiger partial charge on any atom is 1.00 e. The molecule has 90 valence electrons. The molecule has 0 aliphatic heterocycles. The predicted octanol–water partition coefficient (Wildman–Crippen LogP) is -6.55. The van der Waals surface area contributed by atoms with E-state index in [0.717, 1.165) is 0 Å². The van der Waals surface area contributed by atoms with Crippen molar-refractivity contribution >= 4 is 30.1 Å². The Balaban J connectivity index is -0.000000980. The summed E-state index contributed by atoms with van der Waals surface area (Å²) in [5.74, 6) is -1.96. The monoisotopic (exact) mass is 284 g/mol. The average molecular weight is 284 g/mol. The average Bonchev–Trinajstić information content (AvgIpc) is 1.97. The van der Waals surface area contributed by atoms with Gasteiger partial charge in [-0.05, 0) is 0 Å². The van der Waals surface area contributed by atoms with Crippen LogP contribution in [0.25, 0.3) is 0 Å². The van der Waals surface area contributed by atoms with Crippen LogP contribution in [0.1, 0.15) is 1.43 Å². The minimum Gasteiger partial charge on any atom is -1.00 e. The third kappa shape index (κ3) is 6.24. The van der Waals surface area contributed by atoms with Crippen molar-refractivity contribution in [1.29, 1.82) is 0 Å². The third-order valence-corrected chi connectivity index (χ3v) is 3.74. The van der Waals surface area contributed by atoms with E-state index in [9.17, 15) is 21.6 Å². The minimum atomic E-state index is -5.20. The van der Waals surface area contributed by atoms with Crippen molar-refractivity contribution in [3.63, 3.8) is 0 Å². The summed E-state index contributed by atoms with van der Waals surface area (Å²) in [4.78, 5) is 13.8. The van der Waals surface area contributed by atoms with E-state index >= 15 is 0 Å². The molecule has 0 heterocycles. The van der Waals surface area contributed by atoms with Crippen LogP contribution in [0.5, 0.6) is 0 Å². The second-order valence-corrected chi connectivity index (χ2v) is 6.68. The van der Waals surface area contributed by atoms with E-state index in [1.165, 1.54) is 0 Å². The van der Waals surface area contributed by atoms with Gasteiger partial charge in [-0.25, -0.2) is 14.9 Å². The SMILES string of the molecule is NC(N)=NCC(=O)OS(=O)(=O)S(N)(=O)=O.[H-].[Na+]. The Morgan fingerprint density at radius 1 is 1.25 bits per heavy atom. The number of nitrogens with zero attached hydrogens (tertiary/aromatic N) is 1. The van der Waals surface area contributed by atoms with Gasteiger partial charge in [-0.15, -0.1) is 0 Å². The molecule has 0 saturated carbocycles. The molecule has 0 amide bonds. The van der Waals surface area contributed by atoms with E-state index in [1.54, 1.807) is 0 Å². The summed E-state index contributed by atoms with van der Waals surface area (Å²) in [6.45, 7) is -0.836. The van der Waals surface area contributed by atoms with Gasteiger partial charge in [0, 0.05) is 0 Å². The molecular formula is C3H9N4NaO6S2. The summed E-state index contributed by atoms with van der Waals surface area (Å²) >= 11 is 0. The summed E-state index contributed by atoms with van der Waals surface area (Å²) in [6.07, 6.45) is 0. The molecule has 10 nitrogen and oxygen atoms in total. The normalized spacial score (nSPS) is 11.1. The van der Waals surface area contributed by atoms with Crippen LogP contribution in [0.3, 0.4) is 0 Å². The van der Waals surface area contributed by atoms with Gasteiger partial charge < -0.3 is 17.1 Å². The molecule has 0 fully saturated rings. The van der Waals surface area contributed by atoms with Crippen molar-refractivity contribution in [3.05, 3.63) is 0 Å². The molecule has 0 aromatic rings. The molecule has 0 radical (unpaired) electrons. The maximum atomic E-state index is 10.7. The first-order valence-electron chi connectivity index (χ1n) is 3.11. The zero-order chi connectivity index (χ0) is 12.3. The van der Waals surface area contributed by atoms with Crippen LogP contribution in [0, 0.1) is 0 Å². The van der Waals surface area contributed by atoms with Gasteiger partial charge in [0.15, 0.2) is 5.96 Å². The largest absolute Gasteiger partial charge is 1.00 e. The second-order valence-electron chi connectivity index (χ2n) is 2.10. The first-order chi connectivity index (χ1) is 6.56. The summed E-state index contributed by atoms with van der Waals surface area (Å²) < 4.78 is 45.5. The number of carbonyl (C=O) groups is 1. The Kier molecular flexibility index (Phi) is 7.15. The molecule has 0 rings (SSSR count). The van der Waals surface area contributed by atoms with Crippen molar-refractivity contribution in [2.45, 2.75) is 0 Å². The van der Waals surface area contributed by atoms with Crippen LogP contribution in [-0.4, -0.2) is 35.3 Å². The van der Waals surface area contributed by atoms with Crippen molar-refractivity contribution in [1.82, 2.24) is 0 Å². The minimum absolute atomic E-state index is 0. The molecule has 6 N–H and O–H groups in total. The molecule has 0 aliphatic carbocycles. The first kappa shape index (κ1) is 18.0. The molecule has 13 heteroatoms. The van der Waals surface area contributed by atoms with Gasteiger partial charge in [0.1, 0.15) is 6.54 Å². The molecule has 0 saturated heterocycles. The zero-order valence-electron chi connectivity index (χ0n) is 9.15. The Hall–Kier alpha value is -0.400. The van der Waals surface area contributed by atoms with Gasteiger partial charge in [-0.1, -0.05) is 0 Å². The van der Waals surface area contributed by atoms with Crippen LogP contribution in [0.2, 0.25) is 0 Å². The number of nitrogens with two attached hydrogens (primary N) is 3. The third-order valence-electron chi connectivity index (χ3n) is 0.870. The molecule has 0 bridgehead atoms. The number of hydrogen-bond donors (Lipinski definition) is 3. The van der Waals surface area contributed by atoms with E-state index in [4.69, 9.17) is 11.5 Å². The predicted molar refractivity (Wildman–Crippen MR) is 49.9 cm³/mol. The van der Waals surface area contributed by atoms with Gasteiger partial charge in [-0.2, -0.15) is 16.8 Å². The van der Waals surface area contributed by atoms with Crippen molar-refractivity contribution < 1.29 is 56.8 Å². The van der Waals surface area contributed by atoms with E-state index < -0.39 is 36.7 Å². The van der Waals surface area contributed by atoms with Crippen LogP contribution >= 0.6 is 0 Å². The van der Waals surface area contributed by atoms with Crippen LogP contribution in [0.15, 0.2) is 4.99 Å². The molecule has 0 atom stereocenters. The van der Waals surface area contributed by atoms with E-state index in [-0.39, 0.29) is 31.0 Å². The zero-order valence-corrected chi connectivity index (χ0v) is 11.8. The number of rotatable bonds is 4. The van der Waals surface area contributed by atoms with Crippen molar-refractivity contribution in [2.75, 3.05) is 6.54 Å². The van der Waals surface area contributed by atoms with Gasteiger partial charge in [0.25, 0.3) is 0 Å². The fourth-order valence-electron chi connectivity index (χ4n) is 0.343. The number of carbonyl (C=O) groups excluding carboxylic acids is 1. The fraction of sp³-hybridized carbons (Fsp3) is 0.333. The van der Waals surface area contributed by atoms with Crippen molar-refractivity contribution in [3.8, 4) is 0 Å². The van der Waals surface area contributed by atoms with Gasteiger partial charge in [-0.3, -0.25) is 0 Å². The van der Waals surface area contributed by atoms with Crippen molar-refractivity contribution in [2.24, 2.45) is 21.6 Å². The summed E-state index contributed by atoms with van der Waals surface area (Å²) in [6, 6.07) is 0. The summed E-state index contributed by atoms with van der Waals surface area (Å²) in [5, 5.41) is 4.24. The van der Waals surface area contributed by atoms with Crippen LogP contribution < -0.4 is 46.2 Å². The summed E-state index contributed by atoms with van der Waals surface area (Å²) in [5.41, 5.74) is 9.64. The quantitative estimate of drug-likeness (QED) is 0.197. The van der Waals surface area contributed by atoms with Crippen LogP contribution in [-0.2, 0) is 27.2 Å². The Labute approximate surface area is 115 Å². The molecule has 0 aliphatic rings. The topological polar surface area (TPSA) is 185 Å². The van der Waals surface area contributed by atoms with Crippen LogP contribution in [0.4, 0.5) is 0 Å². The molecular weight excluding hydrogens is 275 g/mol. The summed E-state index contributed by atoms with van der Waals surface area (Å²) in [7, 11) is -10.2. The Morgan fingerprint density at radius 3 is 2.00 bits per heavy atom.